The van der Waals surface area contributed by atoms with E-state index in [2.05, 4.69) is 20.7 Å². The number of nitrogens with zero attached hydrogens (tertiary/aromatic N) is 8. The van der Waals surface area contributed by atoms with Gasteiger partial charge in [0.2, 0.25) is 11.8 Å². The van der Waals surface area contributed by atoms with Crippen LogP contribution < -0.4 is 5.32 Å². The predicted octanol–water partition coefficient (Wildman–Crippen LogP) is 3.00. The van der Waals surface area contributed by atoms with E-state index in [0.717, 1.165) is 29.7 Å². The lowest BCUT2D eigenvalue weighted by molar-refractivity contribution is -0.142. The molecular formula is C32H39N9O4. The van der Waals surface area contributed by atoms with Gasteiger partial charge >= 0.3 is 0 Å². The van der Waals surface area contributed by atoms with E-state index in [9.17, 15) is 14.4 Å². The van der Waals surface area contributed by atoms with E-state index in [1.165, 1.54) is 0 Å². The van der Waals surface area contributed by atoms with Gasteiger partial charge < -0.3 is 19.6 Å². The van der Waals surface area contributed by atoms with Crippen LogP contribution >= 0.6 is 0 Å². The summed E-state index contributed by atoms with van der Waals surface area (Å²) in [4.78, 5) is 49.2. The summed E-state index contributed by atoms with van der Waals surface area (Å²) < 4.78 is 9.08. The number of amides is 3. The molecule has 3 aromatic heterocycles. The van der Waals surface area contributed by atoms with Gasteiger partial charge in [-0.25, -0.2) is 9.67 Å². The van der Waals surface area contributed by atoms with Crippen molar-refractivity contribution in [1.82, 2.24) is 44.8 Å². The molecule has 0 saturated carbocycles. The first-order valence-electron chi connectivity index (χ1n) is 15.6. The van der Waals surface area contributed by atoms with Gasteiger partial charge in [0, 0.05) is 44.9 Å². The van der Waals surface area contributed by atoms with E-state index in [-0.39, 0.29) is 29.8 Å². The van der Waals surface area contributed by atoms with Crippen LogP contribution in [0.4, 0.5) is 0 Å². The number of nitrogens with one attached hydrogen (secondary N) is 1. The van der Waals surface area contributed by atoms with Gasteiger partial charge in [-0.2, -0.15) is 10.2 Å². The summed E-state index contributed by atoms with van der Waals surface area (Å²) in [7, 11) is 1.84. The molecule has 13 nitrogen and oxygen atoms in total. The molecule has 3 amide bonds. The van der Waals surface area contributed by atoms with Crippen molar-refractivity contribution in [3.63, 3.8) is 0 Å². The Morgan fingerprint density at radius 3 is 2.64 bits per heavy atom. The Morgan fingerprint density at radius 2 is 1.87 bits per heavy atom. The number of carbonyl (C=O) groups excluding carboxylic acids is 3. The van der Waals surface area contributed by atoms with Gasteiger partial charge in [0.1, 0.15) is 17.7 Å². The minimum Gasteiger partial charge on any atom is -0.355 e. The Hall–Kier alpha value is -4.81. The maximum Gasteiger partial charge on any atom is 0.276 e. The number of aryl methyl sites for hydroxylation is 2. The first-order chi connectivity index (χ1) is 21.8. The van der Waals surface area contributed by atoms with Crippen LogP contribution in [0, 0.1) is 13.8 Å². The number of aromatic nitrogens is 6. The Morgan fingerprint density at radius 1 is 1.04 bits per heavy atom. The number of fused-ring (bicyclic) bond motifs is 2. The molecule has 0 bridgehead atoms. The largest absolute Gasteiger partial charge is 0.355 e. The average Bonchev–Trinajstić information content (AvgIpc) is 3.77. The third kappa shape index (κ3) is 6.52. The molecule has 13 heteroatoms. The second kappa shape index (κ2) is 13.0. The van der Waals surface area contributed by atoms with Crippen molar-refractivity contribution in [2.24, 2.45) is 7.05 Å². The molecule has 0 spiro atoms. The summed E-state index contributed by atoms with van der Waals surface area (Å²) >= 11 is 0. The molecule has 5 heterocycles. The normalized spacial score (nSPS) is 19.9. The lowest BCUT2D eigenvalue weighted by Crippen LogP contribution is -2.53. The second-order valence-corrected chi connectivity index (χ2v) is 11.8. The maximum absolute atomic E-state index is 13.8. The third-order valence-electron chi connectivity index (χ3n) is 8.76. The Labute approximate surface area is 261 Å². The third-order valence-corrected chi connectivity index (χ3v) is 8.76. The predicted molar refractivity (Wildman–Crippen MR) is 164 cm³/mol. The van der Waals surface area contributed by atoms with Crippen LogP contribution in [0.3, 0.4) is 0 Å². The number of benzene rings is 1. The average molecular weight is 614 g/mol. The highest BCUT2D eigenvalue weighted by atomic mass is 16.5. The highest BCUT2D eigenvalue weighted by Crippen LogP contribution is 2.25. The molecule has 2 atom stereocenters. The van der Waals surface area contributed by atoms with E-state index < -0.39 is 12.1 Å². The van der Waals surface area contributed by atoms with Crippen LogP contribution in [0.1, 0.15) is 71.5 Å². The molecule has 0 unspecified atom stereocenters. The summed E-state index contributed by atoms with van der Waals surface area (Å²) in [6.45, 7) is 5.25. The molecule has 6 rings (SSSR count). The topological polar surface area (TPSA) is 144 Å². The molecule has 1 N–H and O–H groups in total. The minimum absolute atomic E-state index is 0.0753. The van der Waals surface area contributed by atoms with Gasteiger partial charge in [0.25, 0.3) is 5.91 Å². The molecule has 2 aliphatic rings. The zero-order chi connectivity index (χ0) is 31.5. The molecule has 2 aliphatic heterocycles. The number of rotatable bonds is 4. The van der Waals surface area contributed by atoms with E-state index in [1.54, 1.807) is 31.4 Å². The fourth-order valence-corrected chi connectivity index (χ4v) is 6.22. The van der Waals surface area contributed by atoms with Crippen LogP contribution in [0.2, 0.25) is 0 Å². The number of piperidine rings is 1. The van der Waals surface area contributed by atoms with Crippen LogP contribution in [0.15, 0.2) is 47.1 Å². The highest BCUT2D eigenvalue weighted by Gasteiger charge is 2.34. The molecule has 45 heavy (non-hydrogen) atoms. The lowest BCUT2D eigenvalue weighted by Gasteiger charge is -2.36. The molecule has 4 aromatic rings. The number of hydrogen-bond acceptors (Lipinski definition) is 8. The highest BCUT2D eigenvalue weighted by molar-refractivity contribution is 5.93. The summed E-state index contributed by atoms with van der Waals surface area (Å²) in [5.74, 6) is 1.10. The molecular weight excluding hydrogens is 574 g/mol. The monoisotopic (exact) mass is 613 g/mol. The number of hydrogen-bond donors (Lipinski definition) is 1. The molecule has 236 valence electrons. The molecule has 1 fully saturated rings. The van der Waals surface area contributed by atoms with E-state index in [4.69, 9.17) is 9.51 Å². The maximum atomic E-state index is 13.8. The van der Waals surface area contributed by atoms with Crippen LogP contribution in [0.25, 0.3) is 11.3 Å². The van der Waals surface area contributed by atoms with Crippen LogP contribution in [-0.2, 0) is 29.6 Å². The van der Waals surface area contributed by atoms with Crippen molar-refractivity contribution >= 4 is 17.7 Å². The lowest BCUT2D eigenvalue weighted by atomic mass is 9.99. The van der Waals surface area contributed by atoms with Gasteiger partial charge in [-0.3, -0.25) is 19.1 Å². The minimum atomic E-state index is -0.549. The smallest absolute Gasteiger partial charge is 0.276 e. The van der Waals surface area contributed by atoms with Crippen molar-refractivity contribution in [3.05, 3.63) is 71.2 Å². The van der Waals surface area contributed by atoms with Gasteiger partial charge in [0.15, 0.2) is 11.5 Å². The Kier molecular flexibility index (Phi) is 8.76. The fourth-order valence-electron chi connectivity index (χ4n) is 6.22. The SMILES string of the molecule is Cc1nc2n(n1)CCN(C(=O)c1cc(-c3cnn(C)c3C)on1)CCCC(=O)N1CCCC[C@H]1C(=O)N[C@@H]2Cc1ccccc1. The fraction of sp³-hybridized carbons (Fsp3) is 0.469. The Bertz CT molecular complexity index is 1670. The summed E-state index contributed by atoms with van der Waals surface area (Å²) in [5, 5.41) is 16.2. The van der Waals surface area contributed by atoms with Gasteiger partial charge in [-0.05, 0) is 51.5 Å². The standard InChI is InChI=1S/C32H39N9O4/c1-21-24(20-33-38(21)3)28-19-26(37-45-28)32(44)39-14-9-13-29(42)40-15-8-7-12-27(40)31(43)35-25(18-23-10-5-4-6-11-23)30-34-22(2)36-41(30)17-16-39/h4-6,10-11,19-20,25,27H,7-9,12-18H2,1-3H3,(H,35,43)/t25-,27+/m1/s1. The van der Waals surface area contributed by atoms with Crippen LogP contribution in [-0.4, -0.2) is 82.9 Å². The molecule has 1 aromatic carbocycles. The summed E-state index contributed by atoms with van der Waals surface area (Å²) in [5.41, 5.74) is 2.88. The van der Waals surface area contributed by atoms with Crippen LogP contribution in [0.5, 0.6) is 0 Å². The summed E-state index contributed by atoms with van der Waals surface area (Å²) in [6.07, 6.45) is 5.20. The second-order valence-electron chi connectivity index (χ2n) is 11.8. The molecule has 1 saturated heterocycles. The van der Waals surface area contributed by atoms with Crippen molar-refractivity contribution in [2.75, 3.05) is 19.6 Å². The molecule has 0 aliphatic carbocycles. The van der Waals surface area contributed by atoms with Crippen molar-refractivity contribution in [3.8, 4) is 11.3 Å². The van der Waals surface area contributed by atoms with Crippen molar-refractivity contribution < 1.29 is 18.9 Å². The zero-order valence-corrected chi connectivity index (χ0v) is 26.0. The number of carbonyl (C=O) groups is 3. The van der Waals surface area contributed by atoms with Crippen molar-refractivity contribution in [2.45, 2.75) is 71.0 Å². The zero-order valence-electron chi connectivity index (χ0n) is 26.0. The van der Waals surface area contributed by atoms with Gasteiger partial charge in [-0.15, -0.1) is 0 Å². The Balaban J connectivity index is 1.32. The van der Waals surface area contributed by atoms with E-state index in [1.807, 2.05) is 51.2 Å². The van der Waals surface area contributed by atoms with E-state index >= 15 is 0 Å². The van der Waals surface area contributed by atoms with Gasteiger partial charge in [-0.1, -0.05) is 35.5 Å². The molecule has 0 radical (unpaired) electrons. The first kappa shape index (κ1) is 30.2. The van der Waals surface area contributed by atoms with Crippen molar-refractivity contribution in [1.29, 1.82) is 0 Å². The summed E-state index contributed by atoms with van der Waals surface area (Å²) in [6, 6.07) is 10.5. The van der Waals surface area contributed by atoms with Gasteiger partial charge in [0.05, 0.1) is 24.3 Å². The quantitative estimate of drug-likeness (QED) is 0.370. The first-order valence-corrected chi connectivity index (χ1v) is 15.6. The van der Waals surface area contributed by atoms with E-state index in [0.29, 0.717) is 62.9 Å².